The number of benzene rings is 3. The zero-order valence-corrected chi connectivity index (χ0v) is 24.2. The molecule has 3 heterocycles. The number of pyridine rings is 3. The Labute approximate surface area is 251 Å². The Kier molecular flexibility index (Phi) is 7.80. The minimum absolute atomic E-state index is 0.00975. The molecule has 0 aliphatic heterocycles. The topological polar surface area (TPSA) is 98.4 Å². The Morgan fingerprint density at radius 1 is 0.886 bits per heavy atom. The summed E-state index contributed by atoms with van der Waals surface area (Å²) >= 11 is 0. The van der Waals surface area contributed by atoms with Crippen LogP contribution < -0.4 is 25.0 Å². The van der Waals surface area contributed by atoms with Crippen LogP contribution in [-0.2, 0) is 0 Å². The minimum atomic E-state index is -0.634. The van der Waals surface area contributed by atoms with Gasteiger partial charge in [-0.3, -0.25) is 9.78 Å². The van der Waals surface area contributed by atoms with Gasteiger partial charge in [-0.2, -0.15) is 0 Å². The molecule has 0 spiro atoms. The molecule has 10 heteroatoms. The first-order chi connectivity index (χ1) is 21.3. The van der Waals surface area contributed by atoms with Gasteiger partial charge in [0.15, 0.2) is 23.1 Å². The lowest BCUT2D eigenvalue weighted by Crippen LogP contribution is -2.10. The Morgan fingerprint density at radius 2 is 1.68 bits per heavy atom. The van der Waals surface area contributed by atoms with E-state index in [1.54, 1.807) is 49.8 Å². The zero-order valence-electron chi connectivity index (χ0n) is 24.2. The molecule has 44 heavy (non-hydrogen) atoms. The van der Waals surface area contributed by atoms with Gasteiger partial charge in [0.1, 0.15) is 17.4 Å². The second-order valence-corrected chi connectivity index (χ2v) is 10.5. The summed E-state index contributed by atoms with van der Waals surface area (Å²) in [4.78, 5) is 25.3. The highest BCUT2D eigenvalue weighted by Gasteiger charge is 2.16. The summed E-state index contributed by atoms with van der Waals surface area (Å²) in [6, 6.07) is 16.9. The molecule has 3 aromatic carbocycles. The highest BCUT2D eigenvalue weighted by molar-refractivity contribution is 5.93. The fourth-order valence-electron chi connectivity index (χ4n) is 4.76. The molecule has 0 atom stereocenters. The number of hydrogen-bond donors (Lipinski definition) is 2. The Bertz CT molecular complexity index is 2050. The second kappa shape index (κ2) is 12.0. The molecule has 0 aliphatic rings. The van der Waals surface area contributed by atoms with Gasteiger partial charge in [-0.05, 0) is 53.9 Å². The number of ether oxygens (including phenoxy) is 3. The van der Waals surface area contributed by atoms with E-state index in [1.165, 1.54) is 42.6 Å². The quantitative estimate of drug-likeness (QED) is 0.175. The van der Waals surface area contributed by atoms with E-state index in [2.05, 4.69) is 34.1 Å². The van der Waals surface area contributed by atoms with Crippen molar-refractivity contribution in [3.8, 4) is 34.1 Å². The van der Waals surface area contributed by atoms with Gasteiger partial charge in [-0.25, -0.2) is 13.8 Å². The van der Waals surface area contributed by atoms with Crippen molar-refractivity contribution in [2.24, 2.45) is 5.92 Å². The molecule has 6 aromatic rings. The third-order valence-corrected chi connectivity index (χ3v) is 6.92. The molecular formula is C34H28F2N4O4. The van der Waals surface area contributed by atoms with E-state index >= 15 is 4.39 Å². The van der Waals surface area contributed by atoms with Crippen molar-refractivity contribution < 1.29 is 23.0 Å². The number of aromatic nitrogens is 3. The zero-order chi connectivity index (χ0) is 30.8. The number of nitrogens with one attached hydrogen (secondary N) is 2. The van der Waals surface area contributed by atoms with Gasteiger partial charge in [0.05, 0.1) is 30.1 Å². The maximum absolute atomic E-state index is 15.4. The van der Waals surface area contributed by atoms with Crippen molar-refractivity contribution in [2.75, 3.05) is 19.0 Å². The summed E-state index contributed by atoms with van der Waals surface area (Å²) < 4.78 is 46.3. The van der Waals surface area contributed by atoms with Crippen LogP contribution in [0.2, 0.25) is 0 Å². The Morgan fingerprint density at radius 3 is 2.43 bits per heavy atom. The normalized spacial score (nSPS) is 11.2. The van der Waals surface area contributed by atoms with E-state index in [4.69, 9.17) is 14.2 Å². The van der Waals surface area contributed by atoms with Gasteiger partial charge in [0.2, 0.25) is 5.43 Å². The maximum Gasteiger partial charge on any atom is 0.200 e. The molecule has 222 valence electrons. The number of fused-ring (bicyclic) bond motifs is 2. The number of rotatable bonds is 9. The molecule has 3 aromatic heterocycles. The van der Waals surface area contributed by atoms with Crippen LogP contribution in [0.4, 0.5) is 20.3 Å². The molecule has 2 N–H and O–H groups in total. The predicted octanol–water partition coefficient (Wildman–Crippen LogP) is 8.00. The van der Waals surface area contributed by atoms with Crippen molar-refractivity contribution in [3.63, 3.8) is 0 Å². The van der Waals surface area contributed by atoms with E-state index in [0.29, 0.717) is 63.0 Å². The predicted molar refractivity (Wildman–Crippen MR) is 166 cm³/mol. The number of methoxy groups -OCH3 is 1. The van der Waals surface area contributed by atoms with Gasteiger partial charge in [0, 0.05) is 47.4 Å². The van der Waals surface area contributed by atoms with E-state index < -0.39 is 11.6 Å². The second-order valence-electron chi connectivity index (χ2n) is 10.5. The standard InChI is InChI=1S/C34H28F2N4O4/c1-19(2)18-43-31-16-27-23(15-30(31)42-3)28(11-13-37-27)44-29-9-8-22(14-25(29)36)40-34-32-26(10-12-38-34)39-17-24(33(32)41)20-4-6-21(35)7-5-20/h4-17,19H,18H2,1-3H3,(H,38,40)(H,39,41). The fourth-order valence-corrected chi connectivity index (χ4v) is 4.76. The van der Waals surface area contributed by atoms with Gasteiger partial charge in [-0.1, -0.05) is 26.0 Å². The fraction of sp³-hybridized carbons (Fsp3) is 0.147. The van der Waals surface area contributed by atoms with Crippen LogP contribution in [-0.4, -0.2) is 28.7 Å². The first-order valence-corrected chi connectivity index (χ1v) is 13.9. The number of anilines is 2. The van der Waals surface area contributed by atoms with Crippen LogP contribution in [0.15, 0.2) is 90.1 Å². The average Bonchev–Trinajstić information content (AvgIpc) is 3.02. The lowest BCUT2D eigenvalue weighted by Gasteiger charge is -2.15. The molecule has 0 aliphatic carbocycles. The maximum atomic E-state index is 15.4. The largest absolute Gasteiger partial charge is 0.493 e. The first-order valence-electron chi connectivity index (χ1n) is 13.9. The van der Waals surface area contributed by atoms with Gasteiger partial charge in [0.25, 0.3) is 0 Å². The van der Waals surface area contributed by atoms with Crippen molar-refractivity contribution >= 4 is 33.3 Å². The van der Waals surface area contributed by atoms with E-state index in [1.807, 2.05) is 0 Å². The molecule has 0 fully saturated rings. The summed E-state index contributed by atoms with van der Waals surface area (Å²) in [6.45, 7) is 4.62. The number of hydrogen-bond acceptors (Lipinski definition) is 7. The number of H-pyrrole nitrogens is 1. The van der Waals surface area contributed by atoms with Crippen molar-refractivity contribution in [3.05, 3.63) is 107 Å². The SMILES string of the molecule is COc1cc2c(Oc3ccc(Nc4nccc5[nH]cc(-c6ccc(F)cc6)c(=O)c45)cc3F)ccnc2cc1OCC(C)C. The molecule has 8 nitrogen and oxygen atoms in total. The molecule has 0 unspecified atom stereocenters. The van der Waals surface area contributed by atoms with Gasteiger partial charge >= 0.3 is 0 Å². The highest BCUT2D eigenvalue weighted by Crippen LogP contribution is 2.38. The number of nitrogens with zero attached hydrogens (tertiary/aromatic N) is 2. The minimum Gasteiger partial charge on any atom is -0.493 e. The Hall–Kier alpha value is -5.51. The third kappa shape index (κ3) is 5.74. The van der Waals surface area contributed by atoms with Crippen LogP contribution in [0.3, 0.4) is 0 Å². The van der Waals surface area contributed by atoms with Crippen LogP contribution in [0.5, 0.6) is 23.0 Å². The van der Waals surface area contributed by atoms with Crippen molar-refractivity contribution in [2.45, 2.75) is 13.8 Å². The lowest BCUT2D eigenvalue weighted by molar-refractivity contribution is 0.257. The number of aromatic amines is 1. The van der Waals surface area contributed by atoms with Crippen molar-refractivity contribution in [1.82, 2.24) is 15.0 Å². The highest BCUT2D eigenvalue weighted by atomic mass is 19.1. The molecule has 0 bridgehead atoms. The molecule has 0 radical (unpaired) electrons. The van der Waals surface area contributed by atoms with E-state index in [-0.39, 0.29) is 22.4 Å². The summed E-state index contributed by atoms with van der Waals surface area (Å²) in [7, 11) is 1.55. The average molecular weight is 595 g/mol. The van der Waals surface area contributed by atoms with Crippen LogP contribution in [0, 0.1) is 17.6 Å². The van der Waals surface area contributed by atoms with Crippen LogP contribution in [0.1, 0.15) is 13.8 Å². The third-order valence-electron chi connectivity index (χ3n) is 6.92. The molecular weight excluding hydrogens is 566 g/mol. The van der Waals surface area contributed by atoms with Crippen LogP contribution in [0.25, 0.3) is 32.9 Å². The lowest BCUT2D eigenvalue weighted by atomic mass is 10.0. The molecule has 6 rings (SSSR count). The first kappa shape index (κ1) is 28.6. The summed E-state index contributed by atoms with van der Waals surface area (Å²) in [5.41, 5.74) is 2.10. The Balaban J connectivity index is 1.29. The number of halogens is 2. The van der Waals surface area contributed by atoms with Crippen LogP contribution >= 0.6 is 0 Å². The smallest absolute Gasteiger partial charge is 0.200 e. The molecule has 0 saturated carbocycles. The van der Waals surface area contributed by atoms with E-state index in [0.717, 1.165) is 0 Å². The van der Waals surface area contributed by atoms with E-state index in [9.17, 15) is 9.18 Å². The summed E-state index contributed by atoms with van der Waals surface area (Å²) in [5.74, 6) is 0.982. The van der Waals surface area contributed by atoms with Gasteiger partial charge in [-0.15, -0.1) is 0 Å². The molecule has 0 amide bonds. The molecule has 0 saturated heterocycles. The summed E-state index contributed by atoms with van der Waals surface area (Å²) in [5, 5.41) is 3.96. The van der Waals surface area contributed by atoms with Gasteiger partial charge < -0.3 is 24.5 Å². The summed E-state index contributed by atoms with van der Waals surface area (Å²) in [6.07, 6.45) is 4.69. The van der Waals surface area contributed by atoms with Crippen molar-refractivity contribution in [1.29, 1.82) is 0 Å². The monoisotopic (exact) mass is 594 g/mol.